The molecule has 2 nitrogen and oxygen atoms in total. The first kappa shape index (κ1) is 14.0. The zero-order chi connectivity index (χ0) is 13.4. The van der Waals surface area contributed by atoms with Gasteiger partial charge in [0.2, 0.25) is 0 Å². The van der Waals surface area contributed by atoms with Crippen molar-refractivity contribution in [2.75, 3.05) is 6.54 Å². The van der Waals surface area contributed by atoms with Gasteiger partial charge in [-0.3, -0.25) is 0 Å². The molecule has 1 aliphatic rings. The number of aryl methyl sites for hydroxylation is 1. The lowest BCUT2D eigenvalue weighted by molar-refractivity contribution is 0.0728. The van der Waals surface area contributed by atoms with Crippen LogP contribution in [0.2, 0.25) is 0 Å². The number of nitrogens with one attached hydrogen (secondary N) is 1. The predicted molar refractivity (Wildman–Crippen MR) is 79.0 cm³/mol. The lowest BCUT2D eigenvalue weighted by Gasteiger charge is -2.48. The van der Waals surface area contributed by atoms with Crippen molar-refractivity contribution in [2.24, 2.45) is 11.3 Å². The van der Waals surface area contributed by atoms with Gasteiger partial charge < -0.3 is 5.32 Å². The molecule has 0 radical (unpaired) electrons. The molecule has 2 unspecified atom stereocenters. The van der Waals surface area contributed by atoms with Crippen LogP contribution in [0.1, 0.15) is 57.7 Å². The van der Waals surface area contributed by atoms with E-state index in [-0.39, 0.29) is 5.54 Å². The number of thiazole rings is 1. The van der Waals surface area contributed by atoms with Crippen LogP contribution in [-0.2, 0) is 5.54 Å². The summed E-state index contributed by atoms with van der Waals surface area (Å²) in [7, 11) is 0. The molecule has 1 aromatic heterocycles. The fourth-order valence-electron chi connectivity index (χ4n) is 3.42. The maximum absolute atomic E-state index is 4.78. The summed E-state index contributed by atoms with van der Waals surface area (Å²) in [5.74, 6) is 0.645. The Kier molecular flexibility index (Phi) is 3.84. The van der Waals surface area contributed by atoms with Gasteiger partial charge in [-0.2, -0.15) is 0 Å². The first-order valence-corrected chi connectivity index (χ1v) is 7.95. The van der Waals surface area contributed by atoms with E-state index >= 15 is 0 Å². The van der Waals surface area contributed by atoms with Crippen molar-refractivity contribution in [1.82, 2.24) is 10.3 Å². The van der Waals surface area contributed by atoms with Crippen molar-refractivity contribution in [3.05, 3.63) is 16.1 Å². The Morgan fingerprint density at radius 1 is 1.44 bits per heavy atom. The van der Waals surface area contributed by atoms with Crippen molar-refractivity contribution in [1.29, 1.82) is 0 Å². The fourth-order valence-corrected chi connectivity index (χ4v) is 4.53. The van der Waals surface area contributed by atoms with Crippen LogP contribution in [0, 0.1) is 18.3 Å². The molecule has 1 aliphatic carbocycles. The average molecular weight is 266 g/mol. The molecule has 1 aromatic rings. The minimum Gasteiger partial charge on any atom is -0.305 e. The van der Waals surface area contributed by atoms with E-state index in [0.717, 1.165) is 12.2 Å². The molecule has 102 valence electrons. The van der Waals surface area contributed by atoms with Crippen molar-refractivity contribution < 1.29 is 0 Å². The van der Waals surface area contributed by atoms with Crippen LogP contribution in [0.25, 0.3) is 0 Å². The van der Waals surface area contributed by atoms with Crippen molar-refractivity contribution in [2.45, 2.75) is 59.4 Å². The third-order valence-electron chi connectivity index (χ3n) is 4.39. The normalized spacial score (nSPS) is 31.5. The quantitative estimate of drug-likeness (QED) is 0.891. The fraction of sp³-hybridized carbons (Fsp3) is 0.800. The average Bonchev–Trinajstić information content (AvgIpc) is 2.69. The summed E-state index contributed by atoms with van der Waals surface area (Å²) in [6.07, 6.45) is 3.77. The Bertz CT molecular complexity index is 410. The highest BCUT2D eigenvalue weighted by atomic mass is 32.1. The molecule has 2 rings (SSSR count). The largest absolute Gasteiger partial charge is 0.305 e. The SMILES string of the molecule is CCNC1(c2nc(C)cs2)CCC(C)(C)CC1C. The first-order chi connectivity index (χ1) is 8.39. The molecule has 1 saturated carbocycles. The van der Waals surface area contributed by atoms with Crippen LogP contribution < -0.4 is 5.32 Å². The maximum Gasteiger partial charge on any atom is 0.113 e. The van der Waals surface area contributed by atoms with E-state index in [9.17, 15) is 0 Å². The molecule has 0 amide bonds. The highest BCUT2D eigenvalue weighted by Crippen LogP contribution is 2.49. The maximum atomic E-state index is 4.78. The van der Waals surface area contributed by atoms with Crippen LogP contribution in [0.5, 0.6) is 0 Å². The summed E-state index contributed by atoms with van der Waals surface area (Å²) in [6.45, 7) is 12.5. The van der Waals surface area contributed by atoms with E-state index in [4.69, 9.17) is 4.98 Å². The second-order valence-electron chi connectivity index (χ2n) is 6.57. The van der Waals surface area contributed by atoms with E-state index in [1.54, 1.807) is 0 Å². The topological polar surface area (TPSA) is 24.9 Å². The number of hydrogen-bond acceptors (Lipinski definition) is 3. The molecule has 1 N–H and O–H groups in total. The van der Waals surface area contributed by atoms with Crippen LogP contribution >= 0.6 is 11.3 Å². The van der Waals surface area contributed by atoms with Gasteiger partial charge in [-0.15, -0.1) is 11.3 Å². The van der Waals surface area contributed by atoms with Gasteiger partial charge >= 0.3 is 0 Å². The third kappa shape index (κ3) is 2.48. The summed E-state index contributed by atoms with van der Waals surface area (Å²) in [6, 6.07) is 0. The molecule has 1 fully saturated rings. The molecule has 0 aliphatic heterocycles. The number of aromatic nitrogens is 1. The van der Waals surface area contributed by atoms with Crippen molar-refractivity contribution in [3.63, 3.8) is 0 Å². The van der Waals surface area contributed by atoms with Gasteiger partial charge in [-0.25, -0.2) is 4.98 Å². The highest BCUT2D eigenvalue weighted by Gasteiger charge is 2.46. The molecule has 0 bridgehead atoms. The van der Waals surface area contributed by atoms with Crippen LogP contribution in [0.3, 0.4) is 0 Å². The van der Waals surface area contributed by atoms with Gasteiger partial charge in [-0.05, 0) is 44.1 Å². The highest BCUT2D eigenvalue weighted by molar-refractivity contribution is 7.09. The molecular formula is C15H26N2S. The number of nitrogens with zero attached hydrogens (tertiary/aromatic N) is 1. The molecule has 0 spiro atoms. The molecule has 3 heteroatoms. The van der Waals surface area contributed by atoms with Gasteiger partial charge in [0.1, 0.15) is 5.01 Å². The van der Waals surface area contributed by atoms with Crippen LogP contribution in [0.4, 0.5) is 0 Å². The Morgan fingerprint density at radius 3 is 2.67 bits per heavy atom. The van der Waals surface area contributed by atoms with Crippen molar-refractivity contribution in [3.8, 4) is 0 Å². The second-order valence-corrected chi connectivity index (χ2v) is 7.42. The zero-order valence-electron chi connectivity index (χ0n) is 12.3. The molecule has 1 heterocycles. The summed E-state index contributed by atoms with van der Waals surface area (Å²) >= 11 is 1.83. The number of hydrogen-bond donors (Lipinski definition) is 1. The van der Waals surface area contributed by atoms with Crippen LogP contribution in [0.15, 0.2) is 5.38 Å². The Labute approximate surface area is 115 Å². The van der Waals surface area contributed by atoms with Gasteiger partial charge in [0, 0.05) is 11.1 Å². The smallest absolute Gasteiger partial charge is 0.113 e. The molecule has 18 heavy (non-hydrogen) atoms. The standard InChI is InChI=1S/C15H26N2S/c1-6-16-15(13-17-12(3)10-18-13)8-7-14(4,5)9-11(15)2/h10-11,16H,6-9H2,1-5H3. The summed E-state index contributed by atoms with van der Waals surface area (Å²) in [4.78, 5) is 4.78. The molecule has 0 aromatic carbocycles. The van der Waals surface area contributed by atoms with Gasteiger partial charge in [0.25, 0.3) is 0 Å². The first-order valence-electron chi connectivity index (χ1n) is 7.07. The van der Waals surface area contributed by atoms with E-state index in [0.29, 0.717) is 11.3 Å². The van der Waals surface area contributed by atoms with Gasteiger partial charge in [-0.1, -0.05) is 27.7 Å². The Morgan fingerprint density at radius 2 is 2.17 bits per heavy atom. The Balaban J connectivity index is 2.33. The number of rotatable bonds is 3. The lowest BCUT2D eigenvalue weighted by Crippen LogP contribution is -2.52. The molecule has 0 saturated heterocycles. The minimum atomic E-state index is 0.114. The van der Waals surface area contributed by atoms with Gasteiger partial charge in [0.05, 0.1) is 5.54 Å². The summed E-state index contributed by atoms with van der Waals surface area (Å²) < 4.78 is 0. The van der Waals surface area contributed by atoms with E-state index in [1.807, 2.05) is 11.3 Å². The second kappa shape index (κ2) is 4.93. The predicted octanol–water partition coefficient (Wildman–Crippen LogP) is 4.10. The van der Waals surface area contributed by atoms with E-state index < -0.39 is 0 Å². The van der Waals surface area contributed by atoms with E-state index in [2.05, 4.69) is 45.3 Å². The zero-order valence-corrected chi connectivity index (χ0v) is 13.2. The monoisotopic (exact) mass is 266 g/mol. The van der Waals surface area contributed by atoms with Gasteiger partial charge in [0.15, 0.2) is 0 Å². The van der Waals surface area contributed by atoms with Crippen molar-refractivity contribution >= 4 is 11.3 Å². The minimum absolute atomic E-state index is 0.114. The Hall–Kier alpha value is -0.410. The van der Waals surface area contributed by atoms with Crippen LogP contribution in [-0.4, -0.2) is 11.5 Å². The third-order valence-corrected chi connectivity index (χ3v) is 5.53. The molecular weight excluding hydrogens is 240 g/mol. The lowest BCUT2D eigenvalue weighted by atomic mass is 9.64. The summed E-state index contributed by atoms with van der Waals surface area (Å²) in [5.41, 5.74) is 1.75. The molecule has 2 atom stereocenters. The van der Waals surface area contributed by atoms with E-state index in [1.165, 1.54) is 24.3 Å². The summed E-state index contributed by atoms with van der Waals surface area (Å²) in [5, 5.41) is 7.24.